The Morgan fingerprint density at radius 1 is 1.12 bits per heavy atom. The van der Waals surface area contributed by atoms with Crippen molar-refractivity contribution in [3.05, 3.63) is 54.1 Å². The summed E-state index contributed by atoms with van der Waals surface area (Å²) < 4.78 is 23.1. The number of pyridine rings is 1. The van der Waals surface area contributed by atoms with E-state index < -0.39 is 17.0 Å². The van der Waals surface area contributed by atoms with Gasteiger partial charge in [0.25, 0.3) is 5.03 Å². The highest BCUT2D eigenvalue weighted by Gasteiger charge is 2.43. The largest absolute Gasteiger partial charge is 0.592 e. The molecule has 236 valence electrons. The van der Waals surface area contributed by atoms with Crippen LogP contribution in [-0.2, 0) is 27.4 Å². The molecule has 10 nitrogen and oxygen atoms in total. The lowest BCUT2D eigenvalue weighted by Crippen LogP contribution is -2.45. The van der Waals surface area contributed by atoms with Gasteiger partial charge in [0.1, 0.15) is 18.0 Å². The zero-order valence-corrected chi connectivity index (χ0v) is 26.9. The van der Waals surface area contributed by atoms with Crippen LogP contribution in [0.2, 0.25) is 0 Å². The fourth-order valence-corrected chi connectivity index (χ4v) is 6.55. The average molecular weight is 614 g/mol. The Balaban J connectivity index is 1.39. The number of likely N-dealkylation sites (tertiary alicyclic amines) is 2. The number of carbonyl (C=O) groups excluding carboxylic acids is 2. The van der Waals surface area contributed by atoms with E-state index in [-0.39, 0.29) is 30.4 Å². The summed E-state index contributed by atoms with van der Waals surface area (Å²) in [4.78, 5) is 33.9. The number of aromatic nitrogens is 1. The van der Waals surface area contributed by atoms with Gasteiger partial charge < -0.3 is 29.1 Å². The van der Waals surface area contributed by atoms with Crippen LogP contribution in [0.4, 0.5) is 15.4 Å². The summed E-state index contributed by atoms with van der Waals surface area (Å²) in [7, 11) is 0. The van der Waals surface area contributed by atoms with Crippen molar-refractivity contribution in [2.75, 3.05) is 25.0 Å². The van der Waals surface area contributed by atoms with E-state index in [2.05, 4.69) is 24.1 Å². The second-order valence-electron chi connectivity index (χ2n) is 13.3. The van der Waals surface area contributed by atoms with Gasteiger partial charge in [0.05, 0.1) is 11.4 Å². The monoisotopic (exact) mass is 613 g/mol. The third-order valence-corrected chi connectivity index (χ3v) is 8.93. The number of benzene rings is 1. The van der Waals surface area contributed by atoms with Gasteiger partial charge in [0, 0.05) is 37.3 Å². The number of amides is 2. The third-order valence-electron chi connectivity index (χ3n) is 8.29. The van der Waals surface area contributed by atoms with E-state index in [0.29, 0.717) is 42.3 Å². The number of carbonyl (C=O) groups is 2. The topological polar surface area (TPSA) is 133 Å². The maximum absolute atomic E-state index is 13.0. The van der Waals surface area contributed by atoms with Crippen molar-refractivity contribution in [3.63, 3.8) is 0 Å². The summed E-state index contributed by atoms with van der Waals surface area (Å²) in [5, 5.41) is 9.52. The van der Waals surface area contributed by atoms with Crippen LogP contribution in [0.15, 0.2) is 53.6 Å². The summed E-state index contributed by atoms with van der Waals surface area (Å²) in [6.45, 7) is 12.0. The third kappa shape index (κ3) is 9.48. The number of nitrogens with one attached hydrogen (secondary N) is 1. The molecule has 0 saturated carbocycles. The van der Waals surface area contributed by atoms with E-state index in [1.165, 1.54) is 0 Å². The fourth-order valence-electron chi connectivity index (χ4n) is 6.15. The van der Waals surface area contributed by atoms with Crippen molar-refractivity contribution in [1.82, 2.24) is 14.8 Å². The van der Waals surface area contributed by atoms with Crippen LogP contribution < -0.4 is 10.5 Å². The number of piperidine rings is 1. The van der Waals surface area contributed by atoms with Gasteiger partial charge in [-0.3, -0.25) is 0 Å². The zero-order valence-electron chi connectivity index (χ0n) is 26.1. The van der Waals surface area contributed by atoms with Crippen molar-refractivity contribution in [1.29, 1.82) is 0 Å². The first-order valence-corrected chi connectivity index (χ1v) is 16.4. The lowest BCUT2D eigenvalue weighted by atomic mass is 9.84. The number of hydrogen-bond acceptors (Lipinski definition) is 8. The van der Waals surface area contributed by atoms with Gasteiger partial charge in [-0.2, -0.15) is 4.98 Å². The molecule has 0 spiro atoms. The molecule has 2 fully saturated rings. The molecule has 43 heavy (non-hydrogen) atoms. The van der Waals surface area contributed by atoms with Crippen LogP contribution in [0.3, 0.4) is 0 Å². The number of nitrogens with two attached hydrogens (primary N) is 1. The Morgan fingerprint density at radius 3 is 2.47 bits per heavy atom. The highest BCUT2D eigenvalue weighted by molar-refractivity contribution is 7.89. The van der Waals surface area contributed by atoms with E-state index in [1.54, 1.807) is 17.0 Å². The van der Waals surface area contributed by atoms with Gasteiger partial charge in [-0.1, -0.05) is 36.4 Å². The Kier molecular flexibility index (Phi) is 10.8. The molecule has 1 aromatic heterocycles. The predicted octanol–water partition coefficient (Wildman–Crippen LogP) is 5.71. The van der Waals surface area contributed by atoms with Crippen molar-refractivity contribution in [3.8, 4) is 0 Å². The summed E-state index contributed by atoms with van der Waals surface area (Å²) in [5.41, 5.74) is 0.128. The maximum atomic E-state index is 13.0. The van der Waals surface area contributed by atoms with Crippen molar-refractivity contribution in [2.24, 2.45) is 17.0 Å². The lowest BCUT2D eigenvalue weighted by molar-refractivity contribution is 0.0130. The van der Waals surface area contributed by atoms with Crippen LogP contribution in [0.1, 0.15) is 72.3 Å². The molecule has 3 unspecified atom stereocenters. The first-order valence-electron chi connectivity index (χ1n) is 15.2. The minimum absolute atomic E-state index is 0.0788. The smallest absolute Gasteiger partial charge is 0.410 e. The Morgan fingerprint density at radius 2 is 1.81 bits per heavy atom. The van der Waals surface area contributed by atoms with Crippen LogP contribution >= 0.6 is 0 Å². The molecule has 3 N–H and O–H groups in total. The minimum Gasteiger partial charge on any atom is -0.592 e. The molecule has 0 radical (unpaired) electrons. The summed E-state index contributed by atoms with van der Waals surface area (Å²) >= 11 is -1.67. The highest BCUT2D eigenvalue weighted by atomic mass is 32.2. The van der Waals surface area contributed by atoms with Gasteiger partial charge in [0.2, 0.25) is 0 Å². The van der Waals surface area contributed by atoms with Crippen molar-refractivity contribution < 1.29 is 23.6 Å². The number of hydrogen-bond donors (Lipinski definition) is 2. The van der Waals surface area contributed by atoms with Crippen LogP contribution in [0.25, 0.3) is 0 Å². The molecular formula is C32H47N5O5S. The molecule has 4 rings (SSSR count). The molecule has 1 aromatic carbocycles. The molecule has 2 aliphatic rings. The normalized spacial score (nSPS) is 20.4. The number of ether oxygens (including phenoxy) is 2. The number of anilines is 1. The molecule has 3 heterocycles. The minimum atomic E-state index is -1.67. The first kappa shape index (κ1) is 32.9. The van der Waals surface area contributed by atoms with E-state index in [0.717, 1.165) is 37.7 Å². The standard InChI is InChI=1S/C32H47N5O5S/c1-31(2,3)42-30(39)37-21-24(20-32(37,4)5)14-15-26(34-27-12-9-13-28(35-27)43(33)40)25-16-18-36(19-17-25)29(38)41-22-23-10-7-6-8-11-23/h6-13,24-26H,14-22,33H2,1-5H3,(H,34,35). The van der Waals surface area contributed by atoms with E-state index >= 15 is 0 Å². The van der Waals surface area contributed by atoms with E-state index in [4.69, 9.17) is 14.6 Å². The summed E-state index contributed by atoms with van der Waals surface area (Å²) in [6.07, 6.45) is 3.76. The summed E-state index contributed by atoms with van der Waals surface area (Å²) in [6, 6.07) is 15.1. The van der Waals surface area contributed by atoms with Crippen molar-refractivity contribution in [2.45, 2.75) is 95.5 Å². The molecule has 2 amide bonds. The molecule has 3 atom stereocenters. The van der Waals surface area contributed by atoms with Crippen LogP contribution in [-0.4, -0.2) is 68.3 Å². The quantitative estimate of drug-likeness (QED) is 0.344. The Labute approximate surface area is 259 Å². The van der Waals surface area contributed by atoms with Gasteiger partial charge >= 0.3 is 12.2 Å². The average Bonchev–Trinajstić information content (AvgIpc) is 3.28. The summed E-state index contributed by atoms with van der Waals surface area (Å²) in [5.74, 6) is 1.26. The predicted molar refractivity (Wildman–Crippen MR) is 168 cm³/mol. The highest BCUT2D eigenvalue weighted by Crippen LogP contribution is 2.37. The van der Waals surface area contributed by atoms with Crippen LogP contribution in [0.5, 0.6) is 0 Å². The first-order chi connectivity index (χ1) is 20.3. The van der Waals surface area contributed by atoms with E-state index in [9.17, 15) is 14.1 Å². The molecule has 2 aliphatic heterocycles. The number of rotatable bonds is 9. The van der Waals surface area contributed by atoms with E-state index in [1.807, 2.05) is 62.1 Å². The molecule has 0 aliphatic carbocycles. The zero-order chi connectivity index (χ0) is 31.2. The molecule has 11 heteroatoms. The van der Waals surface area contributed by atoms with Crippen molar-refractivity contribution >= 4 is 29.4 Å². The second kappa shape index (κ2) is 14.2. The van der Waals surface area contributed by atoms with Gasteiger partial charge in [-0.05, 0) is 90.2 Å². The van der Waals surface area contributed by atoms with Gasteiger partial charge in [-0.25, -0.2) is 9.59 Å². The Bertz CT molecular complexity index is 1210. The fraction of sp³-hybridized carbons (Fsp3) is 0.594. The SMILES string of the molecule is CC(C)(C)OC(=O)N1CC(CCC(Nc2cccc([S+](N)[O-])n2)C2CCN(C(=O)OCc3ccccc3)CC2)CC1(C)C. The Hall–Kier alpha value is -3.02. The molecule has 2 saturated heterocycles. The molecule has 0 bridgehead atoms. The number of nitrogens with zero attached hydrogens (tertiary/aromatic N) is 3. The van der Waals surface area contributed by atoms with Gasteiger partial charge in [-0.15, -0.1) is 5.14 Å². The molecule has 2 aromatic rings. The lowest BCUT2D eigenvalue weighted by Gasteiger charge is -2.36. The van der Waals surface area contributed by atoms with Gasteiger partial charge in [0.15, 0.2) is 0 Å². The van der Waals surface area contributed by atoms with Crippen LogP contribution in [0, 0.1) is 11.8 Å². The second-order valence-corrected chi connectivity index (χ2v) is 14.3. The molecular weight excluding hydrogens is 566 g/mol. The maximum Gasteiger partial charge on any atom is 0.410 e.